The molecule has 96 valence electrons. The molecule has 1 aliphatic rings. The average Bonchev–Trinajstić information content (AvgIpc) is 2.56. The molecule has 2 aromatic rings. The average molecular weight is 250 g/mol. The molecule has 1 N–H and O–H groups in total. The summed E-state index contributed by atoms with van der Waals surface area (Å²) in [7, 11) is 2.08. The first kappa shape index (κ1) is 11.7. The molecular weight excluding hydrogens is 234 g/mol. The zero-order chi connectivity index (χ0) is 12.9. The summed E-state index contributed by atoms with van der Waals surface area (Å²) in [6.45, 7) is 3.05. The number of H-pyrrole nitrogens is 1. The van der Waals surface area contributed by atoms with Gasteiger partial charge in [-0.05, 0) is 32.0 Å². The smallest absolute Gasteiger partial charge is 0.135 e. The Morgan fingerprint density at radius 2 is 2.11 bits per heavy atom. The highest BCUT2D eigenvalue weighted by atomic mass is 19.1. The third-order valence-electron chi connectivity index (χ3n) is 3.97. The Bertz CT molecular complexity index is 603. The van der Waals surface area contributed by atoms with Crippen LogP contribution in [0.4, 0.5) is 8.78 Å². The number of hydrogen-bond donors (Lipinski definition) is 1. The van der Waals surface area contributed by atoms with Gasteiger partial charge in [-0.25, -0.2) is 8.78 Å². The lowest BCUT2D eigenvalue weighted by atomic mass is 10.1. The molecule has 0 bridgehead atoms. The molecule has 4 heteroatoms. The van der Waals surface area contributed by atoms with E-state index in [0.29, 0.717) is 16.9 Å². The molecule has 2 heterocycles. The Kier molecular flexibility index (Phi) is 2.63. The summed E-state index contributed by atoms with van der Waals surface area (Å²) in [4.78, 5) is 5.45. The third kappa shape index (κ3) is 1.72. The van der Waals surface area contributed by atoms with E-state index in [-0.39, 0.29) is 0 Å². The van der Waals surface area contributed by atoms with E-state index in [0.717, 1.165) is 36.7 Å². The topological polar surface area (TPSA) is 19.0 Å². The molecule has 0 radical (unpaired) electrons. The largest absolute Gasteiger partial charge is 0.358 e. The number of benzene rings is 1. The highest BCUT2D eigenvalue weighted by Crippen LogP contribution is 2.29. The molecule has 0 aliphatic carbocycles. The molecule has 0 amide bonds. The van der Waals surface area contributed by atoms with Crippen LogP contribution in [0.15, 0.2) is 12.1 Å². The fourth-order valence-electron chi connectivity index (χ4n) is 2.78. The van der Waals surface area contributed by atoms with Gasteiger partial charge in [-0.3, -0.25) is 0 Å². The first-order chi connectivity index (χ1) is 8.56. The predicted molar refractivity (Wildman–Crippen MR) is 67.7 cm³/mol. The first-order valence-corrected chi connectivity index (χ1v) is 6.25. The molecule has 0 saturated carbocycles. The van der Waals surface area contributed by atoms with Crippen LogP contribution < -0.4 is 0 Å². The molecule has 1 aromatic carbocycles. The number of nitrogens with zero attached hydrogens (tertiary/aromatic N) is 1. The summed E-state index contributed by atoms with van der Waals surface area (Å²) >= 11 is 0. The van der Waals surface area contributed by atoms with Gasteiger partial charge in [0.05, 0.1) is 5.52 Å². The molecule has 0 spiro atoms. The minimum absolute atomic E-state index is 0.409. The van der Waals surface area contributed by atoms with Crippen molar-refractivity contribution in [3.05, 3.63) is 35.0 Å². The van der Waals surface area contributed by atoms with Crippen molar-refractivity contribution in [2.24, 2.45) is 0 Å². The van der Waals surface area contributed by atoms with E-state index in [1.807, 2.05) is 0 Å². The molecule has 0 fully saturated rings. The van der Waals surface area contributed by atoms with Gasteiger partial charge in [-0.15, -0.1) is 0 Å². The first-order valence-electron chi connectivity index (χ1n) is 6.25. The van der Waals surface area contributed by atoms with E-state index >= 15 is 0 Å². The van der Waals surface area contributed by atoms with E-state index in [1.165, 1.54) is 6.07 Å². The molecule has 1 aliphatic heterocycles. The van der Waals surface area contributed by atoms with Crippen molar-refractivity contribution in [2.45, 2.75) is 25.8 Å². The van der Waals surface area contributed by atoms with Crippen molar-refractivity contribution in [3.63, 3.8) is 0 Å². The van der Waals surface area contributed by atoms with Gasteiger partial charge in [-0.1, -0.05) is 0 Å². The lowest BCUT2D eigenvalue weighted by Gasteiger charge is -2.21. The number of nitrogens with one attached hydrogen (secondary N) is 1. The van der Waals surface area contributed by atoms with Gasteiger partial charge in [0.25, 0.3) is 0 Å². The van der Waals surface area contributed by atoms with Gasteiger partial charge < -0.3 is 9.88 Å². The van der Waals surface area contributed by atoms with Crippen LogP contribution in [0.1, 0.15) is 18.2 Å². The van der Waals surface area contributed by atoms with E-state index in [9.17, 15) is 8.78 Å². The van der Waals surface area contributed by atoms with Crippen molar-refractivity contribution in [1.82, 2.24) is 9.88 Å². The Labute approximate surface area is 105 Å². The van der Waals surface area contributed by atoms with Crippen LogP contribution in [0, 0.1) is 11.6 Å². The van der Waals surface area contributed by atoms with Crippen LogP contribution in [-0.4, -0.2) is 29.5 Å². The molecule has 1 aromatic heterocycles. The second kappa shape index (κ2) is 4.05. The summed E-state index contributed by atoms with van der Waals surface area (Å²) in [5.74, 6) is -0.985. The second-order valence-corrected chi connectivity index (χ2v) is 5.18. The number of aromatic amines is 1. The zero-order valence-electron chi connectivity index (χ0n) is 10.6. The molecule has 2 nitrogen and oxygen atoms in total. The van der Waals surface area contributed by atoms with Gasteiger partial charge >= 0.3 is 0 Å². The maximum Gasteiger partial charge on any atom is 0.135 e. The Morgan fingerprint density at radius 3 is 2.89 bits per heavy atom. The number of fused-ring (bicyclic) bond motifs is 3. The van der Waals surface area contributed by atoms with Crippen molar-refractivity contribution < 1.29 is 8.78 Å². The maximum atomic E-state index is 13.9. The summed E-state index contributed by atoms with van der Waals surface area (Å²) < 4.78 is 27.1. The summed E-state index contributed by atoms with van der Waals surface area (Å²) in [6.07, 6.45) is 1.65. The second-order valence-electron chi connectivity index (χ2n) is 5.18. The van der Waals surface area contributed by atoms with Gasteiger partial charge in [-0.2, -0.15) is 0 Å². The highest BCUT2D eigenvalue weighted by molar-refractivity contribution is 5.85. The summed E-state index contributed by atoms with van der Waals surface area (Å²) in [5, 5.41) is 0.564. The maximum absolute atomic E-state index is 13.9. The van der Waals surface area contributed by atoms with Crippen molar-refractivity contribution in [3.8, 4) is 0 Å². The van der Waals surface area contributed by atoms with E-state index in [1.54, 1.807) is 0 Å². The Morgan fingerprint density at radius 1 is 1.33 bits per heavy atom. The molecule has 0 saturated heterocycles. The minimum Gasteiger partial charge on any atom is -0.358 e. The minimum atomic E-state index is -0.526. The quantitative estimate of drug-likeness (QED) is 0.761. The molecule has 18 heavy (non-hydrogen) atoms. The number of hydrogen-bond acceptors (Lipinski definition) is 1. The normalized spacial score (nSPS) is 21.0. The van der Waals surface area contributed by atoms with E-state index < -0.39 is 11.6 Å². The summed E-state index contributed by atoms with van der Waals surface area (Å²) in [5.41, 5.74) is 2.64. The lowest BCUT2D eigenvalue weighted by molar-refractivity contribution is 0.267. The van der Waals surface area contributed by atoms with Crippen LogP contribution in [0.5, 0.6) is 0 Å². The predicted octanol–water partition coefficient (Wildman–Crippen LogP) is 2.87. The zero-order valence-corrected chi connectivity index (χ0v) is 10.6. The Balaban J connectivity index is 2.20. The number of likely N-dealkylation sites (N-methyl/N-ethyl adjacent to an activating group) is 1. The number of aromatic nitrogens is 1. The molecular formula is C14H16F2N2. The Hall–Kier alpha value is -1.42. The summed E-state index contributed by atoms with van der Waals surface area (Å²) in [6, 6.07) is 2.75. The van der Waals surface area contributed by atoms with Crippen LogP contribution in [0.25, 0.3) is 10.9 Å². The van der Waals surface area contributed by atoms with Crippen LogP contribution >= 0.6 is 0 Å². The van der Waals surface area contributed by atoms with Gasteiger partial charge in [0.15, 0.2) is 0 Å². The fraction of sp³-hybridized carbons (Fsp3) is 0.429. The van der Waals surface area contributed by atoms with Crippen molar-refractivity contribution in [2.75, 3.05) is 13.6 Å². The van der Waals surface area contributed by atoms with Crippen LogP contribution in [-0.2, 0) is 12.8 Å². The van der Waals surface area contributed by atoms with Crippen LogP contribution in [0.2, 0.25) is 0 Å². The lowest BCUT2D eigenvalue weighted by Crippen LogP contribution is -2.30. The van der Waals surface area contributed by atoms with Gasteiger partial charge in [0.1, 0.15) is 11.6 Å². The SMILES string of the molecule is CC1Cc2[nH]c3cc(F)cc(F)c3c2CCN1C. The highest BCUT2D eigenvalue weighted by Gasteiger charge is 2.22. The molecule has 1 atom stereocenters. The van der Waals surface area contributed by atoms with Crippen molar-refractivity contribution >= 4 is 10.9 Å². The third-order valence-corrected chi connectivity index (χ3v) is 3.97. The molecule has 1 unspecified atom stereocenters. The van der Waals surface area contributed by atoms with Gasteiger partial charge in [0, 0.05) is 36.2 Å². The van der Waals surface area contributed by atoms with E-state index in [4.69, 9.17) is 0 Å². The molecule has 3 rings (SSSR count). The fourth-order valence-corrected chi connectivity index (χ4v) is 2.78. The van der Waals surface area contributed by atoms with Crippen LogP contribution in [0.3, 0.4) is 0 Å². The number of halogens is 2. The number of rotatable bonds is 0. The monoisotopic (exact) mass is 250 g/mol. The van der Waals surface area contributed by atoms with E-state index in [2.05, 4.69) is 23.9 Å². The standard InChI is InChI=1S/C14H16F2N2/c1-8-5-12-10(3-4-18(8)2)14-11(16)6-9(15)7-13(14)17-12/h6-8,17H,3-5H2,1-2H3. The van der Waals surface area contributed by atoms with Crippen molar-refractivity contribution in [1.29, 1.82) is 0 Å². The van der Waals surface area contributed by atoms with Gasteiger partial charge in [0.2, 0.25) is 0 Å².